The first-order chi connectivity index (χ1) is 15.6. The number of carbonyl (C=O) groups excluding carboxylic acids is 1. The van der Waals surface area contributed by atoms with Gasteiger partial charge in [-0.3, -0.25) is 14.5 Å². The van der Waals surface area contributed by atoms with Crippen LogP contribution in [0.1, 0.15) is 6.42 Å². The van der Waals surface area contributed by atoms with Gasteiger partial charge in [0.1, 0.15) is 5.75 Å². The van der Waals surface area contributed by atoms with Crippen molar-refractivity contribution in [2.24, 2.45) is 0 Å². The minimum Gasteiger partial charge on any atom is -0.497 e. The van der Waals surface area contributed by atoms with Crippen LogP contribution in [0.3, 0.4) is 0 Å². The van der Waals surface area contributed by atoms with Crippen LogP contribution in [0.2, 0.25) is 0 Å². The van der Waals surface area contributed by atoms with Crippen LogP contribution in [0.15, 0.2) is 78.9 Å². The maximum absolute atomic E-state index is 12.5. The Hall–Kier alpha value is -3.91. The average molecular weight is 446 g/mol. The summed E-state index contributed by atoms with van der Waals surface area (Å²) in [5, 5.41) is 13.4. The Bertz CT molecular complexity index is 1230. The number of aromatic nitrogens is 3. The highest BCUT2D eigenvalue weighted by Crippen LogP contribution is 2.22. The van der Waals surface area contributed by atoms with E-state index in [9.17, 15) is 4.79 Å². The van der Waals surface area contributed by atoms with Crippen molar-refractivity contribution in [1.82, 2.24) is 14.8 Å². The van der Waals surface area contributed by atoms with E-state index in [1.165, 1.54) is 0 Å². The third-order valence-corrected chi connectivity index (χ3v) is 5.21. The normalized spacial score (nSPS) is 10.5. The molecule has 0 unspecified atom stereocenters. The Labute approximate surface area is 191 Å². The molecular weight excluding hydrogens is 422 g/mol. The van der Waals surface area contributed by atoms with Gasteiger partial charge in [0.2, 0.25) is 5.91 Å². The number of amides is 1. The summed E-state index contributed by atoms with van der Waals surface area (Å²) in [6.45, 7) is 0.413. The monoisotopic (exact) mass is 445 g/mol. The number of hydrogen-bond acceptors (Lipinski definition) is 5. The second-order valence-corrected chi connectivity index (χ2v) is 7.49. The van der Waals surface area contributed by atoms with E-state index >= 15 is 0 Å². The van der Waals surface area contributed by atoms with Crippen molar-refractivity contribution in [3.05, 3.63) is 83.6 Å². The van der Waals surface area contributed by atoms with Gasteiger partial charge in [-0.25, -0.2) is 0 Å². The molecule has 1 amide bonds. The van der Waals surface area contributed by atoms with Crippen molar-refractivity contribution in [1.29, 1.82) is 0 Å². The Kier molecular flexibility index (Phi) is 6.62. The number of benzene rings is 3. The number of nitrogens with zero attached hydrogens (tertiary/aromatic N) is 2. The maximum Gasteiger partial charge on any atom is 0.226 e. The molecule has 32 heavy (non-hydrogen) atoms. The lowest BCUT2D eigenvalue weighted by molar-refractivity contribution is -0.116. The van der Waals surface area contributed by atoms with Crippen LogP contribution in [0.5, 0.6) is 5.75 Å². The number of rotatable bonds is 8. The van der Waals surface area contributed by atoms with Crippen molar-refractivity contribution < 1.29 is 9.53 Å². The quantitative estimate of drug-likeness (QED) is 0.317. The Morgan fingerprint density at radius 1 is 0.969 bits per heavy atom. The van der Waals surface area contributed by atoms with E-state index in [1.807, 2.05) is 83.4 Å². The second-order valence-electron chi connectivity index (χ2n) is 7.10. The molecule has 0 aliphatic carbocycles. The van der Waals surface area contributed by atoms with Gasteiger partial charge in [0.15, 0.2) is 10.6 Å². The smallest absolute Gasteiger partial charge is 0.226 e. The molecule has 0 bridgehead atoms. The predicted octanol–water partition coefficient (Wildman–Crippen LogP) is 5.39. The summed E-state index contributed by atoms with van der Waals surface area (Å²) in [5.74, 6) is 1.35. The molecule has 3 N–H and O–H groups in total. The summed E-state index contributed by atoms with van der Waals surface area (Å²) < 4.78 is 7.50. The topological polar surface area (TPSA) is 84.0 Å². The molecule has 162 valence electrons. The van der Waals surface area contributed by atoms with Gasteiger partial charge in [-0.2, -0.15) is 5.10 Å². The Balaban J connectivity index is 1.36. The number of carbonyl (C=O) groups is 1. The molecule has 7 nitrogen and oxygen atoms in total. The molecule has 0 aliphatic rings. The third kappa shape index (κ3) is 5.22. The molecule has 0 radical (unpaired) electrons. The molecule has 0 fully saturated rings. The van der Waals surface area contributed by atoms with Crippen molar-refractivity contribution >= 4 is 35.2 Å². The Morgan fingerprint density at radius 3 is 2.31 bits per heavy atom. The van der Waals surface area contributed by atoms with Gasteiger partial charge in [0.05, 0.1) is 7.11 Å². The predicted molar refractivity (Wildman–Crippen MR) is 129 cm³/mol. The van der Waals surface area contributed by atoms with Crippen LogP contribution in [0.4, 0.5) is 17.1 Å². The number of ether oxygens (including phenoxy) is 1. The summed E-state index contributed by atoms with van der Waals surface area (Å²) in [6.07, 6.45) is 0.265. The zero-order valence-electron chi connectivity index (χ0n) is 17.5. The number of para-hydroxylation sites is 1. The van der Waals surface area contributed by atoms with Gasteiger partial charge < -0.3 is 15.4 Å². The summed E-state index contributed by atoms with van der Waals surface area (Å²) in [4.78, 5) is 12.5. The van der Waals surface area contributed by atoms with Crippen molar-refractivity contribution in [2.45, 2.75) is 13.0 Å². The van der Waals surface area contributed by atoms with Gasteiger partial charge in [-0.15, -0.1) is 0 Å². The highest BCUT2D eigenvalue weighted by atomic mass is 32.1. The van der Waals surface area contributed by atoms with Gasteiger partial charge in [0, 0.05) is 35.6 Å². The molecule has 1 heterocycles. The van der Waals surface area contributed by atoms with Crippen molar-refractivity contribution in [3.63, 3.8) is 0 Å². The van der Waals surface area contributed by atoms with E-state index in [0.717, 1.165) is 28.4 Å². The summed E-state index contributed by atoms with van der Waals surface area (Å²) in [7, 11) is 1.62. The number of anilines is 3. The number of aromatic amines is 1. The Morgan fingerprint density at radius 2 is 1.62 bits per heavy atom. The molecule has 8 heteroatoms. The van der Waals surface area contributed by atoms with E-state index in [-0.39, 0.29) is 12.3 Å². The first-order valence-corrected chi connectivity index (χ1v) is 10.5. The van der Waals surface area contributed by atoms with Crippen molar-refractivity contribution in [2.75, 3.05) is 17.7 Å². The number of methoxy groups -OCH3 is 1. The van der Waals surface area contributed by atoms with E-state index < -0.39 is 0 Å². The van der Waals surface area contributed by atoms with Gasteiger partial charge in [-0.1, -0.05) is 18.2 Å². The highest BCUT2D eigenvalue weighted by Gasteiger charge is 2.11. The van der Waals surface area contributed by atoms with E-state index in [1.54, 1.807) is 7.11 Å². The summed E-state index contributed by atoms with van der Waals surface area (Å²) >= 11 is 5.35. The van der Waals surface area contributed by atoms with Gasteiger partial charge in [0.25, 0.3) is 0 Å². The third-order valence-electron chi connectivity index (χ3n) is 4.90. The van der Waals surface area contributed by atoms with Crippen LogP contribution in [-0.4, -0.2) is 27.8 Å². The molecule has 3 aromatic carbocycles. The van der Waals surface area contributed by atoms with Crippen LogP contribution in [0.25, 0.3) is 11.4 Å². The van der Waals surface area contributed by atoms with Crippen LogP contribution >= 0.6 is 12.2 Å². The van der Waals surface area contributed by atoms with Gasteiger partial charge in [-0.05, 0) is 72.9 Å². The molecular formula is C24H23N5O2S. The van der Waals surface area contributed by atoms with Crippen LogP contribution in [-0.2, 0) is 11.3 Å². The second kappa shape index (κ2) is 9.93. The number of nitrogens with one attached hydrogen (secondary N) is 3. The van der Waals surface area contributed by atoms with E-state index in [4.69, 9.17) is 17.0 Å². The fourth-order valence-electron chi connectivity index (χ4n) is 3.25. The standard InChI is InChI=1S/C24H23N5O2S/c1-31-21-13-7-17(8-14-21)23-27-28-24(32)29(23)16-15-22(30)26-20-11-9-19(10-12-20)25-18-5-3-2-4-6-18/h2-14,25H,15-16H2,1H3,(H,26,30)(H,28,32). The lowest BCUT2D eigenvalue weighted by Gasteiger charge is -2.10. The molecule has 0 aliphatic heterocycles. The molecule has 4 aromatic rings. The van der Waals surface area contributed by atoms with Crippen LogP contribution in [0, 0.1) is 4.77 Å². The lowest BCUT2D eigenvalue weighted by atomic mass is 10.2. The van der Waals surface area contributed by atoms with Crippen LogP contribution < -0.4 is 15.4 Å². The molecule has 0 atom stereocenters. The summed E-state index contributed by atoms with van der Waals surface area (Å²) in [5.41, 5.74) is 3.58. The fraction of sp³-hybridized carbons (Fsp3) is 0.125. The maximum atomic E-state index is 12.5. The number of hydrogen-bond donors (Lipinski definition) is 3. The largest absolute Gasteiger partial charge is 0.497 e. The highest BCUT2D eigenvalue weighted by molar-refractivity contribution is 7.71. The first-order valence-electron chi connectivity index (χ1n) is 10.1. The molecule has 0 saturated heterocycles. The fourth-order valence-corrected chi connectivity index (χ4v) is 3.47. The molecule has 0 saturated carbocycles. The SMILES string of the molecule is COc1ccc(-c2n[nH]c(=S)n2CCC(=O)Nc2ccc(Nc3ccccc3)cc2)cc1. The van der Waals surface area contributed by atoms with Crippen molar-refractivity contribution in [3.8, 4) is 17.1 Å². The molecule has 0 spiro atoms. The minimum absolute atomic E-state index is 0.0995. The zero-order chi connectivity index (χ0) is 22.3. The van der Waals surface area contributed by atoms with Gasteiger partial charge >= 0.3 is 0 Å². The molecule has 1 aromatic heterocycles. The van der Waals surface area contributed by atoms with E-state index in [0.29, 0.717) is 17.1 Å². The number of H-pyrrole nitrogens is 1. The minimum atomic E-state index is -0.0995. The lowest BCUT2D eigenvalue weighted by Crippen LogP contribution is -2.15. The molecule has 4 rings (SSSR count). The van der Waals surface area contributed by atoms with E-state index in [2.05, 4.69) is 20.8 Å². The summed E-state index contributed by atoms with van der Waals surface area (Å²) in [6, 6.07) is 25.1. The zero-order valence-corrected chi connectivity index (χ0v) is 18.4. The average Bonchev–Trinajstić information content (AvgIpc) is 3.20. The first kappa shape index (κ1) is 21.3.